The zero-order valence-corrected chi connectivity index (χ0v) is 32.4. The molecule has 0 unspecified atom stereocenters. The molecule has 1 heterocycles. The molecule has 2 aliphatic carbocycles. The monoisotopic (exact) mass is 742 g/mol. The van der Waals surface area contributed by atoms with Crippen LogP contribution in [0.4, 0.5) is 0 Å². The van der Waals surface area contributed by atoms with E-state index < -0.39 is 0 Å². The second-order valence-corrected chi connectivity index (χ2v) is 16.0. The molecule has 0 radical (unpaired) electrons. The zero-order chi connectivity index (χ0) is 38.5. The molecule has 1 spiro atoms. The van der Waals surface area contributed by atoms with E-state index in [0.29, 0.717) is 0 Å². The van der Waals surface area contributed by atoms with Gasteiger partial charge in [-0.25, -0.2) is 9.97 Å². The van der Waals surface area contributed by atoms with Gasteiger partial charge in [-0.2, -0.15) is 0 Å². The van der Waals surface area contributed by atoms with Crippen LogP contribution in [0.5, 0.6) is 0 Å². The summed E-state index contributed by atoms with van der Waals surface area (Å²) >= 11 is 0. The summed E-state index contributed by atoms with van der Waals surface area (Å²) in [6.07, 6.45) is 6.36. The van der Waals surface area contributed by atoms with Crippen LogP contribution < -0.4 is 0 Å². The summed E-state index contributed by atoms with van der Waals surface area (Å²) < 4.78 is 0. The van der Waals surface area contributed by atoms with E-state index in [9.17, 15) is 0 Å². The van der Waals surface area contributed by atoms with Gasteiger partial charge in [-0.1, -0.05) is 189 Å². The summed E-state index contributed by atoms with van der Waals surface area (Å²) in [5.74, 6) is 0.718. The number of benzene rings is 8. The third-order valence-electron chi connectivity index (χ3n) is 12.7. The SMILES string of the molecule is c1ccc(-c2ccc(-c3cc(-c4cccc(-c5ccc(-c6cccc7c6-c6cc8ccccc8cc6C76CCCCC6)cc5)c4)nc(-c4ccccc4)n3)cc2)cc1. The van der Waals surface area contributed by atoms with Crippen LogP contribution in [0.1, 0.15) is 43.2 Å². The van der Waals surface area contributed by atoms with Crippen molar-refractivity contribution in [2.45, 2.75) is 37.5 Å². The molecular formula is C56H42N2. The molecule has 2 nitrogen and oxygen atoms in total. The van der Waals surface area contributed by atoms with Gasteiger partial charge >= 0.3 is 0 Å². The molecule has 276 valence electrons. The van der Waals surface area contributed by atoms with Gasteiger partial charge in [0.2, 0.25) is 0 Å². The van der Waals surface area contributed by atoms with E-state index in [1.165, 1.54) is 92.9 Å². The lowest BCUT2D eigenvalue weighted by Gasteiger charge is -2.36. The topological polar surface area (TPSA) is 25.8 Å². The highest BCUT2D eigenvalue weighted by atomic mass is 14.9. The first-order valence-corrected chi connectivity index (χ1v) is 20.7. The summed E-state index contributed by atoms with van der Waals surface area (Å²) in [6.45, 7) is 0. The minimum atomic E-state index is 0.107. The van der Waals surface area contributed by atoms with E-state index in [1.807, 2.05) is 18.2 Å². The van der Waals surface area contributed by atoms with Crippen LogP contribution in [0.15, 0.2) is 194 Å². The summed E-state index contributed by atoms with van der Waals surface area (Å²) in [5, 5.41) is 2.66. The summed E-state index contributed by atoms with van der Waals surface area (Å²) in [4.78, 5) is 10.2. The van der Waals surface area contributed by atoms with Crippen molar-refractivity contribution >= 4 is 10.8 Å². The van der Waals surface area contributed by atoms with Gasteiger partial charge < -0.3 is 0 Å². The Hall–Kier alpha value is -6.90. The van der Waals surface area contributed by atoms with E-state index in [2.05, 4.69) is 176 Å². The van der Waals surface area contributed by atoms with Crippen LogP contribution in [0.25, 0.3) is 89.2 Å². The molecule has 0 N–H and O–H groups in total. The van der Waals surface area contributed by atoms with E-state index in [1.54, 1.807) is 0 Å². The Balaban J connectivity index is 0.959. The molecule has 0 atom stereocenters. The van der Waals surface area contributed by atoms with Gasteiger partial charge in [0.15, 0.2) is 5.82 Å². The smallest absolute Gasteiger partial charge is 0.160 e. The first-order chi connectivity index (χ1) is 28.7. The van der Waals surface area contributed by atoms with Gasteiger partial charge in [0.05, 0.1) is 11.4 Å². The van der Waals surface area contributed by atoms with Crippen molar-refractivity contribution in [1.29, 1.82) is 0 Å². The molecule has 0 amide bonds. The Morgan fingerprint density at radius 3 is 1.59 bits per heavy atom. The Morgan fingerprint density at radius 2 is 0.862 bits per heavy atom. The maximum atomic E-state index is 5.15. The van der Waals surface area contributed by atoms with Crippen molar-refractivity contribution in [2.24, 2.45) is 0 Å². The lowest BCUT2D eigenvalue weighted by molar-refractivity contribution is 0.353. The Kier molecular flexibility index (Phi) is 8.43. The third-order valence-corrected chi connectivity index (χ3v) is 12.7. The molecule has 0 saturated heterocycles. The van der Waals surface area contributed by atoms with Crippen molar-refractivity contribution in [2.75, 3.05) is 0 Å². The first kappa shape index (κ1) is 34.4. The van der Waals surface area contributed by atoms with Crippen LogP contribution in [0, 0.1) is 0 Å². The minimum Gasteiger partial charge on any atom is -0.228 e. The van der Waals surface area contributed by atoms with Crippen LogP contribution in [-0.4, -0.2) is 9.97 Å². The molecule has 1 fully saturated rings. The van der Waals surface area contributed by atoms with Crippen molar-refractivity contribution in [3.8, 4) is 78.4 Å². The Bertz CT molecular complexity index is 2940. The molecule has 8 aromatic carbocycles. The minimum absolute atomic E-state index is 0.107. The second kappa shape index (κ2) is 14.2. The molecule has 0 bridgehead atoms. The summed E-state index contributed by atoms with van der Waals surface area (Å²) in [7, 11) is 0. The first-order valence-electron chi connectivity index (χ1n) is 20.7. The van der Waals surface area contributed by atoms with E-state index in [-0.39, 0.29) is 5.41 Å². The van der Waals surface area contributed by atoms with Gasteiger partial charge in [-0.15, -0.1) is 0 Å². The predicted molar refractivity (Wildman–Crippen MR) is 241 cm³/mol. The molecule has 0 aliphatic heterocycles. The fourth-order valence-corrected chi connectivity index (χ4v) is 9.79. The van der Waals surface area contributed by atoms with Crippen molar-refractivity contribution < 1.29 is 0 Å². The van der Waals surface area contributed by atoms with Gasteiger partial charge in [0.25, 0.3) is 0 Å². The van der Waals surface area contributed by atoms with E-state index in [4.69, 9.17) is 9.97 Å². The van der Waals surface area contributed by atoms with Crippen LogP contribution >= 0.6 is 0 Å². The number of hydrogen-bond donors (Lipinski definition) is 0. The largest absolute Gasteiger partial charge is 0.228 e. The third kappa shape index (κ3) is 5.96. The quantitative estimate of drug-likeness (QED) is 0.170. The van der Waals surface area contributed by atoms with Crippen LogP contribution in [0.3, 0.4) is 0 Å². The number of aromatic nitrogens is 2. The molecule has 9 aromatic rings. The van der Waals surface area contributed by atoms with Crippen molar-refractivity contribution in [3.63, 3.8) is 0 Å². The highest BCUT2D eigenvalue weighted by Gasteiger charge is 2.44. The maximum absolute atomic E-state index is 5.15. The lowest BCUT2D eigenvalue weighted by atomic mass is 9.67. The average Bonchev–Trinajstić information content (AvgIpc) is 3.56. The van der Waals surface area contributed by atoms with Gasteiger partial charge in [-0.05, 0) is 104 Å². The standard InChI is InChI=1S/C56H42N2/c1-4-14-38(15-5-1)39-26-30-42(31-27-39)52-37-53(58-55(57-52)43-16-6-2-7-17-43)47-21-12-20-44(34-47)40-24-28-41(29-25-40)48-22-13-23-50-54(48)49-35-45-18-8-9-19-46(45)36-51(49)56(50)32-10-3-11-33-56/h1-2,4-9,12-31,34-37H,3,10-11,32-33H2. The van der Waals surface area contributed by atoms with Gasteiger partial charge in [-0.3, -0.25) is 0 Å². The van der Waals surface area contributed by atoms with Crippen molar-refractivity contribution in [3.05, 3.63) is 205 Å². The fraction of sp³-hybridized carbons (Fsp3) is 0.107. The molecule has 11 rings (SSSR count). The Morgan fingerprint density at radius 1 is 0.328 bits per heavy atom. The van der Waals surface area contributed by atoms with Gasteiger partial charge in [0.1, 0.15) is 0 Å². The van der Waals surface area contributed by atoms with E-state index in [0.717, 1.165) is 39.5 Å². The lowest BCUT2D eigenvalue weighted by Crippen LogP contribution is -2.28. The molecule has 58 heavy (non-hydrogen) atoms. The molecule has 2 heteroatoms. The van der Waals surface area contributed by atoms with Gasteiger partial charge in [0, 0.05) is 22.1 Å². The number of hydrogen-bond acceptors (Lipinski definition) is 2. The van der Waals surface area contributed by atoms with Crippen LogP contribution in [0.2, 0.25) is 0 Å². The fourth-order valence-electron chi connectivity index (χ4n) is 9.79. The molecule has 1 aromatic heterocycles. The predicted octanol–water partition coefficient (Wildman–Crippen LogP) is 14.9. The van der Waals surface area contributed by atoms with E-state index >= 15 is 0 Å². The molecular weight excluding hydrogens is 701 g/mol. The molecule has 2 aliphatic rings. The second-order valence-electron chi connectivity index (χ2n) is 16.0. The summed E-state index contributed by atoms with van der Waals surface area (Å²) in [6, 6.07) is 70.5. The maximum Gasteiger partial charge on any atom is 0.160 e. The number of fused-ring (bicyclic) bond motifs is 6. The normalized spacial score (nSPS) is 14.0. The molecule has 1 saturated carbocycles. The average molecular weight is 743 g/mol. The Labute approximate surface area is 340 Å². The summed E-state index contributed by atoms with van der Waals surface area (Å²) in [5.41, 5.74) is 18.3. The highest BCUT2D eigenvalue weighted by Crippen LogP contribution is 2.58. The number of nitrogens with zero attached hydrogens (tertiary/aromatic N) is 2. The highest BCUT2D eigenvalue weighted by molar-refractivity contribution is 5.99. The zero-order valence-electron chi connectivity index (χ0n) is 32.4. The number of rotatable bonds is 6. The van der Waals surface area contributed by atoms with Crippen molar-refractivity contribution in [1.82, 2.24) is 9.97 Å². The van der Waals surface area contributed by atoms with Crippen LogP contribution in [-0.2, 0) is 5.41 Å².